The Labute approximate surface area is 155 Å². The Morgan fingerprint density at radius 2 is 2.11 bits per heavy atom. The Kier molecular flexibility index (Phi) is 3.89. The summed E-state index contributed by atoms with van der Waals surface area (Å²) in [6, 6.07) is 3.73. The average molecular weight is 367 g/mol. The number of hydrogen-bond acceptors (Lipinski definition) is 6. The topological polar surface area (TPSA) is 102 Å². The zero-order valence-electron chi connectivity index (χ0n) is 15.1. The monoisotopic (exact) mass is 367 g/mol. The minimum atomic E-state index is -0.0970. The minimum absolute atomic E-state index is 0.0970. The molecule has 140 valence electrons. The van der Waals surface area contributed by atoms with Gasteiger partial charge in [-0.25, -0.2) is 4.98 Å². The van der Waals surface area contributed by atoms with E-state index in [0.717, 1.165) is 43.1 Å². The maximum atomic E-state index is 13.0. The molecular weight excluding hydrogens is 346 g/mol. The predicted octanol–water partition coefficient (Wildman–Crippen LogP) is 1.66. The van der Waals surface area contributed by atoms with E-state index in [4.69, 9.17) is 4.74 Å². The summed E-state index contributed by atoms with van der Waals surface area (Å²) < 4.78 is 7.68. The number of H-pyrrole nitrogens is 1. The summed E-state index contributed by atoms with van der Waals surface area (Å²) in [4.78, 5) is 19.2. The second-order valence-corrected chi connectivity index (χ2v) is 7.27. The zero-order valence-corrected chi connectivity index (χ0v) is 15.1. The third-order valence-electron chi connectivity index (χ3n) is 5.44. The van der Waals surface area contributed by atoms with Crippen LogP contribution in [0.4, 0.5) is 0 Å². The van der Waals surface area contributed by atoms with Crippen molar-refractivity contribution in [3.8, 4) is 0 Å². The quantitative estimate of drug-likeness (QED) is 0.739. The molecule has 1 atom stereocenters. The van der Waals surface area contributed by atoms with Crippen molar-refractivity contribution in [3.05, 3.63) is 35.7 Å². The van der Waals surface area contributed by atoms with E-state index in [1.165, 1.54) is 0 Å². The third-order valence-corrected chi connectivity index (χ3v) is 5.44. The fraction of sp³-hybridized carbons (Fsp3) is 0.500. The number of hydrogen-bond donors (Lipinski definition) is 1. The molecule has 9 heteroatoms. The summed E-state index contributed by atoms with van der Waals surface area (Å²) in [5, 5.41) is 16.5. The molecule has 0 saturated carbocycles. The van der Waals surface area contributed by atoms with Crippen LogP contribution in [-0.4, -0.2) is 60.5 Å². The van der Waals surface area contributed by atoms with Crippen molar-refractivity contribution in [3.63, 3.8) is 0 Å². The molecule has 27 heavy (non-hydrogen) atoms. The highest BCUT2D eigenvalue weighted by atomic mass is 16.5. The number of carbonyl (C=O) groups excluding carboxylic acids is 1. The lowest BCUT2D eigenvalue weighted by Gasteiger charge is -2.33. The number of amides is 1. The number of ether oxygens (including phenoxy) is 1. The fourth-order valence-corrected chi connectivity index (χ4v) is 4.06. The standard InChI is InChI=1S/C18H21N7O2/c1-11-9-24(18(26)14-3-2-13-8-19-22-16(13)20-14)10-15-21-23-17(25(11)15)12-4-6-27-7-5-12/h2-3,8,11-12H,4-7,9-10H2,1H3,(H,19,20,22)/t11-/m0/s1. The predicted molar refractivity (Wildman–Crippen MR) is 96.2 cm³/mol. The first-order valence-corrected chi connectivity index (χ1v) is 9.31. The number of nitrogens with one attached hydrogen (secondary N) is 1. The van der Waals surface area contributed by atoms with Crippen LogP contribution in [0.2, 0.25) is 0 Å². The summed E-state index contributed by atoms with van der Waals surface area (Å²) in [6.45, 7) is 4.71. The lowest BCUT2D eigenvalue weighted by Crippen LogP contribution is -2.41. The second-order valence-electron chi connectivity index (χ2n) is 7.27. The molecule has 0 unspecified atom stereocenters. The van der Waals surface area contributed by atoms with Gasteiger partial charge in [0.2, 0.25) is 0 Å². The molecular formula is C18H21N7O2. The van der Waals surface area contributed by atoms with Gasteiger partial charge in [-0.3, -0.25) is 9.89 Å². The van der Waals surface area contributed by atoms with Gasteiger partial charge in [-0.1, -0.05) is 0 Å². The van der Waals surface area contributed by atoms with E-state index in [9.17, 15) is 4.79 Å². The van der Waals surface area contributed by atoms with E-state index in [0.29, 0.717) is 30.3 Å². The van der Waals surface area contributed by atoms with Crippen LogP contribution in [0.5, 0.6) is 0 Å². The Morgan fingerprint density at radius 1 is 1.26 bits per heavy atom. The van der Waals surface area contributed by atoms with Crippen LogP contribution in [-0.2, 0) is 11.3 Å². The Hall–Kier alpha value is -2.81. The molecule has 9 nitrogen and oxygen atoms in total. The van der Waals surface area contributed by atoms with Gasteiger partial charge in [0.05, 0.1) is 18.8 Å². The summed E-state index contributed by atoms with van der Waals surface area (Å²) in [5.41, 5.74) is 1.03. The van der Waals surface area contributed by atoms with Gasteiger partial charge < -0.3 is 14.2 Å². The molecule has 1 saturated heterocycles. The van der Waals surface area contributed by atoms with Crippen molar-refractivity contribution in [2.24, 2.45) is 0 Å². The van der Waals surface area contributed by atoms with Gasteiger partial charge in [-0.05, 0) is 31.9 Å². The molecule has 5 heterocycles. The van der Waals surface area contributed by atoms with E-state index >= 15 is 0 Å². The van der Waals surface area contributed by atoms with Gasteiger partial charge in [-0.15, -0.1) is 10.2 Å². The van der Waals surface area contributed by atoms with Gasteiger partial charge in [0, 0.05) is 31.1 Å². The largest absolute Gasteiger partial charge is 0.381 e. The molecule has 3 aromatic heterocycles. The van der Waals surface area contributed by atoms with Crippen molar-refractivity contribution >= 4 is 16.9 Å². The van der Waals surface area contributed by atoms with Gasteiger partial charge in [0.15, 0.2) is 11.5 Å². The molecule has 0 radical (unpaired) electrons. The Morgan fingerprint density at radius 3 is 2.96 bits per heavy atom. The molecule has 0 aliphatic carbocycles. The molecule has 2 aliphatic heterocycles. The summed E-state index contributed by atoms with van der Waals surface area (Å²) in [5.74, 6) is 2.16. The molecule has 0 bridgehead atoms. The second kappa shape index (κ2) is 6.41. The molecule has 1 N–H and O–H groups in total. The van der Waals surface area contributed by atoms with Gasteiger partial charge in [0.1, 0.15) is 11.5 Å². The summed E-state index contributed by atoms with van der Waals surface area (Å²) >= 11 is 0. The third kappa shape index (κ3) is 2.78. The van der Waals surface area contributed by atoms with Crippen molar-refractivity contribution < 1.29 is 9.53 Å². The number of aromatic nitrogens is 6. The van der Waals surface area contributed by atoms with Crippen LogP contribution >= 0.6 is 0 Å². The maximum absolute atomic E-state index is 13.0. The minimum Gasteiger partial charge on any atom is -0.381 e. The van der Waals surface area contributed by atoms with Gasteiger partial charge >= 0.3 is 0 Å². The first-order valence-electron chi connectivity index (χ1n) is 9.31. The van der Waals surface area contributed by atoms with E-state index < -0.39 is 0 Å². The molecule has 2 aliphatic rings. The highest BCUT2D eigenvalue weighted by Crippen LogP contribution is 2.31. The first-order chi connectivity index (χ1) is 13.2. The molecule has 1 fully saturated rings. The van der Waals surface area contributed by atoms with Crippen molar-refractivity contribution in [1.29, 1.82) is 0 Å². The van der Waals surface area contributed by atoms with Crippen LogP contribution in [0.25, 0.3) is 11.0 Å². The lowest BCUT2D eigenvalue weighted by atomic mass is 9.99. The number of rotatable bonds is 2. The summed E-state index contributed by atoms with van der Waals surface area (Å²) in [7, 11) is 0. The van der Waals surface area contributed by atoms with E-state index in [2.05, 4.69) is 36.9 Å². The van der Waals surface area contributed by atoms with Crippen molar-refractivity contribution in [2.45, 2.75) is 38.3 Å². The van der Waals surface area contributed by atoms with Crippen LogP contribution in [0, 0.1) is 0 Å². The number of nitrogens with zero attached hydrogens (tertiary/aromatic N) is 6. The highest BCUT2D eigenvalue weighted by Gasteiger charge is 2.33. The van der Waals surface area contributed by atoms with Gasteiger partial charge in [-0.2, -0.15) is 5.10 Å². The van der Waals surface area contributed by atoms with E-state index in [-0.39, 0.29) is 11.9 Å². The zero-order chi connectivity index (χ0) is 18.4. The number of carbonyl (C=O) groups is 1. The van der Waals surface area contributed by atoms with Gasteiger partial charge in [0.25, 0.3) is 5.91 Å². The van der Waals surface area contributed by atoms with Crippen LogP contribution < -0.4 is 0 Å². The maximum Gasteiger partial charge on any atom is 0.273 e. The molecule has 5 rings (SSSR count). The molecule has 0 aromatic carbocycles. The van der Waals surface area contributed by atoms with Crippen molar-refractivity contribution in [2.75, 3.05) is 19.8 Å². The fourth-order valence-electron chi connectivity index (χ4n) is 4.06. The average Bonchev–Trinajstić information content (AvgIpc) is 3.34. The van der Waals surface area contributed by atoms with E-state index in [1.807, 2.05) is 6.07 Å². The SMILES string of the molecule is C[C@H]1CN(C(=O)c2ccc3cn[nH]c3n2)Cc2nnc(C3CCOCC3)n21. The summed E-state index contributed by atoms with van der Waals surface area (Å²) in [6.07, 6.45) is 3.64. The van der Waals surface area contributed by atoms with Crippen LogP contribution in [0.15, 0.2) is 18.3 Å². The highest BCUT2D eigenvalue weighted by molar-refractivity contribution is 5.94. The van der Waals surface area contributed by atoms with Crippen LogP contribution in [0.3, 0.4) is 0 Å². The smallest absolute Gasteiger partial charge is 0.273 e. The first kappa shape index (κ1) is 16.4. The van der Waals surface area contributed by atoms with Crippen LogP contribution in [0.1, 0.15) is 53.9 Å². The Balaban J connectivity index is 1.41. The number of fused-ring (bicyclic) bond motifs is 2. The normalized spacial score (nSPS) is 20.8. The van der Waals surface area contributed by atoms with Crippen molar-refractivity contribution in [1.82, 2.24) is 34.8 Å². The number of pyridine rings is 1. The molecule has 0 spiro atoms. The number of aromatic amines is 1. The Bertz CT molecular complexity index is 989. The lowest BCUT2D eigenvalue weighted by molar-refractivity contribution is 0.0663. The molecule has 1 amide bonds. The van der Waals surface area contributed by atoms with E-state index in [1.54, 1.807) is 17.2 Å². The molecule has 3 aromatic rings.